The molecule has 1 heterocycles. The van der Waals surface area contributed by atoms with E-state index in [1.165, 1.54) is 16.3 Å². The van der Waals surface area contributed by atoms with Crippen LogP contribution in [0.3, 0.4) is 0 Å². The predicted octanol–water partition coefficient (Wildman–Crippen LogP) is 8.38. The van der Waals surface area contributed by atoms with E-state index in [-0.39, 0.29) is 12.3 Å². The van der Waals surface area contributed by atoms with Crippen molar-refractivity contribution in [2.75, 3.05) is 0 Å². The number of aliphatic imine (C=N–C) groups is 1. The summed E-state index contributed by atoms with van der Waals surface area (Å²) in [6, 6.07) is 52.3. The molecule has 0 bridgehead atoms. The highest BCUT2D eigenvalue weighted by atomic mass is 15.3. The highest BCUT2D eigenvalue weighted by Crippen LogP contribution is 2.36. The third kappa shape index (κ3) is 4.94. The molecule has 7 rings (SSSR count). The van der Waals surface area contributed by atoms with Crippen LogP contribution < -0.4 is 10.6 Å². The van der Waals surface area contributed by atoms with Gasteiger partial charge in [0.05, 0.1) is 11.6 Å². The third-order valence-corrected chi connectivity index (χ3v) is 7.80. The molecule has 1 aliphatic rings. The van der Waals surface area contributed by atoms with E-state index in [0.29, 0.717) is 5.56 Å². The van der Waals surface area contributed by atoms with E-state index >= 15 is 0 Å². The first-order valence-corrected chi connectivity index (χ1v) is 14.1. The molecule has 4 heteroatoms. The van der Waals surface area contributed by atoms with Gasteiger partial charge in [-0.25, -0.2) is 4.99 Å². The summed E-state index contributed by atoms with van der Waals surface area (Å²) in [5.74, 6) is 0.867. The van der Waals surface area contributed by atoms with Gasteiger partial charge in [0.2, 0.25) is 0 Å². The van der Waals surface area contributed by atoms with Crippen LogP contribution in [0.5, 0.6) is 0 Å². The Balaban J connectivity index is 1.31. The second-order valence-electron chi connectivity index (χ2n) is 10.4. The number of hydrogen-bond donors (Lipinski definition) is 2. The predicted molar refractivity (Wildman–Crippen MR) is 171 cm³/mol. The van der Waals surface area contributed by atoms with Crippen molar-refractivity contribution in [1.82, 2.24) is 10.6 Å². The molecule has 2 atom stereocenters. The fourth-order valence-corrected chi connectivity index (χ4v) is 5.73. The lowest BCUT2D eigenvalue weighted by atomic mass is 9.92. The van der Waals surface area contributed by atoms with E-state index in [9.17, 15) is 5.26 Å². The zero-order chi connectivity index (χ0) is 28.3. The second-order valence-corrected chi connectivity index (χ2v) is 10.4. The van der Waals surface area contributed by atoms with Gasteiger partial charge in [-0.2, -0.15) is 5.26 Å². The van der Waals surface area contributed by atoms with Crippen molar-refractivity contribution in [3.63, 3.8) is 0 Å². The summed E-state index contributed by atoms with van der Waals surface area (Å²) < 4.78 is 0. The Labute approximate surface area is 245 Å². The third-order valence-electron chi connectivity index (χ3n) is 7.80. The summed E-state index contributed by atoms with van der Waals surface area (Å²) >= 11 is 0. The molecule has 0 radical (unpaired) electrons. The monoisotopic (exact) mass is 540 g/mol. The molecule has 0 saturated heterocycles. The lowest BCUT2D eigenvalue weighted by molar-refractivity contribution is 0.411. The summed E-state index contributed by atoms with van der Waals surface area (Å²) in [4.78, 5) is 5.08. The summed E-state index contributed by atoms with van der Waals surface area (Å²) in [5.41, 5.74) is 8.43. The van der Waals surface area contributed by atoms with Crippen molar-refractivity contribution in [1.29, 1.82) is 5.26 Å². The number of hydrogen-bond acceptors (Lipinski definition) is 4. The number of nitrogens with zero attached hydrogens (tertiary/aromatic N) is 2. The van der Waals surface area contributed by atoms with Crippen LogP contribution in [0.4, 0.5) is 0 Å². The van der Waals surface area contributed by atoms with Gasteiger partial charge in [-0.15, -0.1) is 0 Å². The summed E-state index contributed by atoms with van der Waals surface area (Å²) in [5, 5.41) is 19.2. The van der Waals surface area contributed by atoms with Crippen molar-refractivity contribution >= 4 is 16.6 Å². The van der Waals surface area contributed by atoms with Gasteiger partial charge in [0.1, 0.15) is 18.2 Å². The smallest absolute Gasteiger partial charge is 0.131 e. The molecular weight excluding hydrogens is 512 g/mol. The largest absolute Gasteiger partial charge is 0.350 e. The SMILES string of the molecule is N#Cc1cccc(-c2ccc(-c3cccc4cccc(C5NC(c6ccccc6)=NC(c6ccccc6)N5)c34)cc2)c1. The Bertz CT molecular complexity index is 1930. The molecule has 0 saturated carbocycles. The standard InChI is InChI=1S/C38H28N4/c39-25-26-10-7-17-32(24-26)27-20-22-28(23-21-27)33-18-8-15-29-16-9-19-34(35(29)33)38-41-36(30-11-3-1-4-12-30)40-37(42-38)31-13-5-2-6-14-31/h1-24,36,38,41H,(H,40,42). The number of fused-ring (bicyclic) bond motifs is 1. The van der Waals surface area contributed by atoms with Gasteiger partial charge in [0, 0.05) is 5.56 Å². The highest BCUT2D eigenvalue weighted by Gasteiger charge is 2.27. The first-order valence-electron chi connectivity index (χ1n) is 14.1. The molecule has 0 aliphatic carbocycles. The highest BCUT2D eigenvalue weighted by molar-refractivity contribution is 6.02. The second kappa shape index (κ2) is 11.2. The quantitative estimate of drug-likeness (QED) is 0.231. The fraction of sp³-hybridized carbons (Fsp3) is 0.0526. The van der Waals surface area contributed by atoms with Crippen molar-refractivity contribution in [2.24, 2.45) is 4.99 Å². The Hall–Kier alpha value is -5.50. The van der Waals surface area contributed by atoms with Gasteiger partial charge < -0.3 is 5.32 Å². The molecule has 0 spiro atoms. The van der Waals surface area contributed by atoms with Crippen molar-refractivity contribution < 1.29 is 0 Å². The van der Waals surface area contributed by atoms with E-state index in [1.807, 2.05) is 48.5 Å². The minimum atomic E-state index is -0.196. The average Bonchev–Trinajstić information content (AvgIpc) is 3.08. The zero-order valence-corrected chi connectivity index (χ0v) is 22.9. The normalized spacial score (nSPS) is 16.3. The van der Waals surface area contributed by atoms with Crippen LogP contribution in [0.2, 0.25) is 0 Å². The van der Waals surface area contributed by atoms with E-state index in [0.717, 1.165) is 39.2 Å². The van der Waals surface area contributed by atoms with Crippen LogP contribution in [0, 0.1) is 11.3 Å². The number of rotatable bonds is 5. The molecule has 2 unspecified atom stereocenters. The summed E-state index contributed by atoms with van der Waals surface area (Å²) in [7, 11) is 0. The van der Waals surface area contributed by atoms with Crippen molar-refractivity contribution in [2.45, 2.75) is 12.3 Å². The molecule has 200 valence electrons. The molecule has 0 aromatic heterocycles. The zero-order valence-electron chi connectivity index (χ0n) is 22.9. The number of nitriles is 1. The van der Waals surface area contributed by atoms with Crippen LogP contribution in [0.1, 0.15) is 34.6 Å². The molecular formula is C38H28N4. The van der Waals surface area contributed by atoms with Crippen LogP contribution in [0.15, 0.2) is 151 Å². The number of amidine groups is 1. The molecule has 42 heavy (non-hydrogen) atoms. The molecule has 4 nitrogen and oxygen atoms in total. The van der Waals surface area contributed by atoms with Gasteiger partial charge in [0.15, 0.2) is 0 Å². The number of benzene rings is 6. The van der Waals surface area contributed by atoms with Crippen molar-refractivity contribution in [3.05, 3.63) is 168 Å². The van der Waals surface area contributed by atoms with E-state index in [1.54, 1.807) is 0 Å². The van der Waals surface area contributed by atoms with E-state index in [4.69, 9.17) is 4.99 Å². The Kier molecular flexibility index (Phi) is 6.77. The van der Waals surface area contributed by atoms with Crippen LogP contribution >= 0.6 is 0 Å². The lowest BCUT2D eigenvalue weighted by Crippen LogP contribution is -2.45. The molecule has 2 N–H and O–H groups in total. The molecule has 0 fully saturated rings. The Morgan fingerprint density at radius 2 is 1.26 bits per heavy atom. The molecule has 1 aliphatic heterocycles. The minimum absolute atomic E-state index is 0.166. The Morgan fingerprint density at radius 3 is 2.02 bits per heavy atom. The minimum Gasteiger partial charge on any atom is -0.350 e. The van der Waals surface area contributed by atoms with E-state index in [2.05, 4.69) is 114 Å². The summed E-state index contributed by atoms with van der Waals surface area (Å²) in [6.07, 6.45) is -0.362. The van der Waals surface area contributed by atoms with Crippen LogP contribution in [-0.4, -0.2) is 5.84 Å². The van der Waals surface area contributed by atoms with Gasteiger partial charge in [-0.3, -0.25) is 5.32 Å². The molecule has 0 amide bonds. The Morgan fingerprint density at radius 1 is 0.595 bits per heavy atom. The van der Waals surface area contributed by atoms with Crippen LogP contribution in [0.25, 0.3) is 33.0 Å². The van der Waals surface area contributed by atoms with Gasteiger partial charge in [-0.05, 0) is 56.3 Å². The topological polar surface area (TPSA) is 60.2 Å². The first-order chi connectivity index (χ1) is 20.8. The first kappa shape index (κ1) is 25.5. The van der Waals surface area contributed by atoms with E-state index < -0.39 is 0 Å². The van der Waals surface area contributed by atoms with Crippen LogP contribution in [-0.2, 0) is 0 Å². The van der Waals surface area contributed by atoms with Crippen molar-refractivity contribution in [3.8, 4) is 28.3 Å². The van der Waals surface area contributed by atoms with Gasteiger partial charge in [-0.1, -0.05) is 133 Å². The molecule has 6 aromatic rings. The van der Waals surface area contributed by atoms with Gasteiger partial charge >= 0.3 is 0 Å². The maximum Gasteiger partial charge on any atom is 0.131 e. The maximum atomic E-state index is 9.33. The molecule has 6 aromatic carbocycles. The summed E-state index contributed by atoms with van der Waals surface area (Å²) in [6.45, 7) is 0. The average molecular weight is 541 g/mol. The maximum absolute atomic E-state index is 9.33. The lowest BCUT2D eigenvalue weighted by Gasteiger charge is -2.33. The fourth-order valence-electron chi connectivity index (χ4n) is 5.73. The van der Waals surface area contributed by atoms with Gasteiger partial charge in [0.25, 0.3) is 0 Å². The number of nitrogens with one attached hydrogen (secondary N) is 2.